The van der Waals surface area contributed by atoms with E-state index in [1.54, 1.807) is 35.0 Å². The molecule has 0 unspecified atom stereocenters. The zero-order chi connectivity index (χ0) is 17.4. The average molecular weight is 340 g/mol. The van der Waals surface area contributed by atoms with Gasteiger partial charge in [-0.3, -0.25) is 9.55 Å². The van der Waals surface area contributed by atoms with E-state index in [9.17, 15) is 15.0 Å². The molecule has 0 spiro atoms. The molecule has 130 valence electrons. The molecule has 0 bridgehead atoms. The number of aliphatic hydroxyl groups excluding tert-OH is 1. The molecule has 2 heterocycles. The highest BCUT2D eigenvalue weighted by Crippen LogP contribution is 2.32. The standard InChI is InChI=1S/C18H20N4O3/c23-10-11-1-5-13(6-2-11)22-17-16(21-18(22)25)19-9-15(20-17)12-3-7-14(24)8-4-12/h3-4,7-9,11,13,23-24H,1-2,5-6,10H2,(H,19,21,25). The molecular weight excluding hydrogens is 320 g/mol. The second kappa shape index (κ2) is 6.33. The fourth-order valence-electron chi connectivity index (χ4n) is 3.59. The molecule has 1 saturated carbocycles. The maximum Gasteiger partial charge on any atom is 0.329 e. The summed E-state index contributed by atoms with van der Waals surface area (Å²) in [7, 11) is 0. The smallest absolute Gasteiger partial charge is 0.329 e. The van der Waals surface area contributed by atoms with Crippen molar-refractivity contribution in [3.63, 3.8) is 0 Å². The van der Waals surface area contributed by atoms with Crippen molar-refractivity contribution >= 4 is 11.3 Å². The number of imidazole rings is 1. The molecule has 0 amide bonds. The van der Waals surface area contributed by atoms with Crippen LogP contribution >= 0.6 is 0 Å². The summed E-state index contributed by atoms with van der Waals surface area (Å²) in [4.78, 5) is 24.2. The van der Waals surface area contributed by atoms with Crippen molar-refractivity contribution in [3.05, 3.63) is 40.9 Å². The third-order valence-electron chi connectivity index (χ3n) is 5.03. The highest BCUT2D eigenvalue weighted by atomic mass is 16.3. The van der Waals surface area contributed by atoms with E-state index in [0.29, 0.717) is 22.9 Å². The van der Waals surface area contributed by atoms with Gasteiger partial charge in [0, 0.05) is 18.2 Å². The number of hydrogen-bond donors (Lipinski definition) is 3. The molecule has 3 aromatic rings. The molecule has 0 saturated heterocycles. The fraction of sp³-hybridized carbons (Fsp3) is 0.389. The van der Waals surface area contributed by atoms with E-state index in [-0.39, 0.29) is 24.1 Å². The highest BCUT2D eigenvalue weighted by Gasteiger charge is 2.25. The van der Waals surface area contributed by atoms with Crippen LogP contribution in [0.5, 0.6) is 5.75 Å². The first-order chi connectivity index (χ1) is 12.2. The van der Waals surface area contributed by atoms with Gasteiger partial charge < -0.3 is 10.2 Å². The van der Waals surface area contributed by atoms with E-state index in [4.69, 9.17) is 0 Å². The molecule has 1 aromatic carbocycles. The Morgan fingerprint density at radius 2 is 1.88 bits per heavy atom. The Labute approximate surface area is 144 Å². The lowest BCUT2D eigenvalue weighted by atomic mass is 9.86. The molecule has 0 atom stereocenters. The first kappa shape index (κ1) is 15.8. The molecule has 1 aliphatic carbocycles. The number of hydrogen-bond acceptors (Lipinski definition) is 5. The van der Waals surface area contributed by atoms with Crippen LogP contribution in [0.25, 0.3) is 22.6 Å². The van der Waals surface area contributed by atoms with Crippen molar-refractivity contribution in [2.24, 2.45) is 5.92 Å². The van der Waals surface area contributed by atoms with Gasteiger partial charge in [0.2, 0.25) is 0 Å². The van der Waals surface area contributed by atoms with E-state index < -0.39 is 0 Å². The summed E-state index contributed by atoms with van der Waals surface area (Å²) in [5.41, 5.74) is 2.34. The minimum atomic E-state index is -0.190. The molecule has 25 heavy (non-hydrogen) atoms. The lowest BCUT2D eigenvalue weighted by Gasteiger charge is -2.27. The number of nitrogens with one attached hydrogen (secondary N) is 1. The Kier molecular flexibility index (Phi) is 4.01. The number of aromatic nitrogens is 4. The van der Waals surface area contributed by atoms with Gasteiger partial charge in [0.15, 0.2) is 11.3 Å². The van der Waals surface area contributed by atoms with E-state index in [2.05, 4.69) is 15.0 Å². The van der Waals surface area contributed by atoms with Gasteiger partial charge in [-0.15, -0.1) is 0 Å². The number of nitrogens with zero attached hydrogens (tertiary/aromatic N) is 3. The van der Waals surface area contributed by atoms with Crippen molar-refractivity contribution in [2.75, 3.05) is 6.61 Å². The van der Waals surface area contributed by atoms with Crippen LogP contribution in [0.4, 0.5) is 0 Å². The van der Waals surface area contributed by atoms with E-state index in [1.165, 1.54) is 0 Å². The second-order valence-electron chi connectivity index (χ2n) is 6.63. The Morgan fingerprint density at radius 1 is 1.16 bits per heavy atom. The van der Waals surface area contributed by atoms with Crippen molar-refractivity contribution in [3.8, 4) is 17.0 Å². The van der Waals surface area contributed by atoms with Gasteiger partial charge in [-0.2, -0.15) is 0 Å². The molecule has 7 heteroatoms. The number of aromatic amines is 1. The Hall–Kier alpha value is -2.67. The summed E-state index contributed by atoms with van der Waals surface area (Å²) in [6.45, 7) is 0.209. The number of aromatic hydroxyl groups is 1. The summed E-state index contributed by atoms with van der Waals surface area (Å²) < 4.78 is 1.71. The van der Waals surface area contributed by atoms with Crippen molar-refractivity contribution in [1.29, 1.82) is 0 Å². The zero-order valence-corrected chi connectivity index (χ0v) is 13.7. The number of phenolic OH excluding ortho intramolecular Hbond substituents is 1. The third-order valence-corrected chi connectivity index (χ3v) is 5.03. The molecule has 0 aliphatic heterocycles. The van der Waals surface area contributed by atoms with Crippen LogP contribution in [0.2, 0.25) is 0 Å². The molecule has 4 rings (SSSR count). The first-order valence-electron chi connectivity index (χ1n) is 8.53. The van der Waals surface area contributed by atoms with Gasteiger partial charge in [0.05, 0.1) is 11.9 Å². The monoisotopic (exact) mass is 340 g/mol. The Balaban J connectivity index is 1.74. The van der Waals surface area contributed by atoms with Crippen LogP contribution in [0.1, 0.15) is 31.7 Å². The first-order valence-corrected chi connectivity index (χ1v) is 8.53. The average Bonchev–Trinajstić information content (AvgIpc) is 2.97. The van der Waals surface area contributed by atoms with Gasteiger partial charge >= 0.3 is 5.69 Å². The van der Waals surface area contributed by atoms with Crippen LogP contribution in [-0.2, 0) is 0 Å². The largest absolute Gasteiger partial charge is 0.508 e. The minimum Gasteiger partial charge on any atom is -0.508 e. The summed E-state index contributed by atoms with van der Waals surface area (Å²) >= 11 is 0. The Morgan fingerprint density at radius 3 is 2.56 bits per heavy atom. The normalized spacial score (nSPS) is 20.8. The summed E-state index contributed by atoms with van der Waals surface area (Å²) in [6.07, 6.45) is 5.14. The van der Waals surface area contributed by atoms with Crippen molar-refractivity contribution in [1.82, 2.24) is 19.5 Å². The van der Waals surface area contributed by atoms with Crippen LogP contribution in [0.3, 0.4) is 0 Å². The summed E-state index contributed by atoms with van der Waals surface area (Å²) in [5.74, 6) is 0.521. The lowest BCUT2D eigenvalue weighted by molar-refractivity contribution is 0.169. The molecular formula is C18H20N4O3. The van der Waals surface area contributed by atoms with Gasteiger partial charge in [-0.05, 0) is 55.9 Å². The van der Waals surface area contributed by atoms with E-state index in [1.807, 2.05) is 0 Å². The number of H-pyrrole nitrogens is 1. The molecule has 7 nitrogen and oxygen atoms in total. The zero-order valence-electron chi connectivity index (χ0n) is 13.7. The van der Waals surface area contributed by atoms with Gasteiger partial charge in [0.25, 0.3) is 0 Å². The number of fused-ring (bicyclic) bond motifs is 1. The molecule has 2 aromatic heterocycles. The van der Waals surface area contributed by atoms with Crippen molar-refractivity contribution < 1.29 is 10.2 Å². The number of benzene rings is 1. The van der Waals surface area contributed by atoms with Gasteiger partial charge in [0.1, 0.15) is 5.75 Å². The van der Waals surface area contributed by atoms with Crippen molar-refractivity contribution in [2.45, 2.75) is 31.7 Å². The van der Waals surface area contributed by atoms with Crippen LogP contribution in [-0.4, -0.2) is 36.3 Å². The maximum atomic E-state index is 12.4. The molecule has 1 fully saturated rings. The Bertz CT molecular complexity index is 937. The second-order valence-corrected chi connectivity index (χ2v) is 6.63. The molecule has 1 aliphatic rings. The molecule has 0 radical (unpaired) electrons. The minimum absolute atomic E-state index is 0.0772. The topological polar surface area (TPSA) is 104 Å². The predicted molar refractivity (Wildman–Crippen MR) is 93.3 cm³/mol. The SMILES string of the molecule is O=c1[nH]c2ncc(-c3ccc(O)cc3)nc2n1C1CCC(CO)CC1. The lowest BCUT2D eigenvalue weighted by Crippen LogP contribution is -2.27. The van der Waals surface area contributed by atoms with E-state index >= 15 is 0 Å². The van der Waals surface area contributed by atoms with Crippen LogP contribution in [0.15, 0.2) is 35.3 Å². The summed E-state index contributed by atoms with van der Waals surface area (Å²) in [6, 6.07) is 6.82. The number of rotatable bonds is 3. The maximum absolute atomic E-state index is 12.4. The fourth-order valence-corrected chi connectivity index (χ4v) is 3.59. The van der Waals surface area contributed by atoms with Gasteiger partial charge in [-0.25, -0.2) is 14.8 Å². The third kappa shape index (κ3) is 2.91. The van der Waals surface area contributed by atoms with Gasteiger partial charge in [-0.1, -0.05) is 0 Å². The predicted octanol–water partition coefficient (Wildman–Crippen LogP) is 2.22. The molecule has 3 N–H and O–H groups in total. The number of phenols is 1. The highest BCUT2D eigenvalue weighted by molar-refractivity contribution is 5.71. The van der Waals surface area contributed by atoms with E-state index in [0.717, 1.165) is 31.2 Å². The quantitative estimate of drug-likeness (QED) is 0.678. The van der Waals surface area contributed by atoms with Crippen LogP contribution < -0.4 is 5.69 Å². The number of aliphatic hydroxyl groups is 1. The summed E-state index contributed by atoms with van der Waals surface area (Å²) in [5, 5.41) is 18.7. The van der Waals surface area contributed by atoms with Crippen LogP contribution in [0, 0.1) is 5.92 Å².